The number of nitrogens with zero attached hydrogens (tertiary/aromatic N) is 1. The molecule has 1 N–H and O–H groups in total. The van der Waals surface area contributed by atoms with Gasteiger partial charge in [-0.25, -0.2) is 8.42 Å². The fourth-order valence-electron chi connectivity index (χ4n) is 3.52. The molecule has 1 amide bonds. The lowest BCUT2D eigenvalue weighted by Gasteiger charge is -2.18. The summed E-state index contributed by atoms with van der Waals surface area (Å²) in [4.78, 5) is 12.9. The molecular weight excluding hydrogens is 400 g/mol. The van der Waals surface area contributed by atoms with Gasteiger partial charge in [0, 0.05) is 35.1 Å². The number of rotatable bonds is 6. The van der Waals surface area contributed by atoms with Crippen LogP contribution in [0.1, 0.15) is 24.2 Å². The summed E-state index contributed by atoms with van der Waals surface area (Å²) in [6.07, 6.45) is 0. The Morgan fingerprint density at radius 2 is 1.63 bits per heavy atom. The van der Waals surface area contributed by atoms with Crippen molar-refractivity contribution in [2.24, 2.45) is 0 Å². The summed E-state index contributed by atoms with van der Waals surface area (Å²) in [5.74, 6) is -0.376. The predicted molar refractivity (Wildman–Crippen MR) is 118 cm³/mol. The molecule has 4 rings (SSSR count). The molecule has 0 radical (unpaired) electrons. The number of furan rings is 1. The molecule has 0 saturated heterocycles. The fourth-order valence-corrected chi connectivity index (χ4v) is 5.02. The Hall–Kier alpha value is -3.16. The van der Waals surface area contributed by atoms with Gasteiger partial charge in [-0.15, -0.1) is 0 Å². The summed E-state index contributed by atoms with van der Waals surface area (Å²) in [6.45, 7) is 4.31. The molecule has 0 bridgehead atoms. The molecule has 1 aromatic heterocycles. The first-order chi connectivity index (χ1) is 14.4. The first-order valence-electron chi connectivity index (χ1n) is 9.77. The van der Waals surface area contributed by atoms with Gasteiger partial charge in [0.25, 0.3) is 5.91 Å². The van der Waals surface area contributed by atoms with Crippen molar-refractivity contribution in [2.45, 2.75) is 18.7 Å². The van der Waals surface area contributed by atoms with E-state index in [9.17, 15) is 13.2 Å². The number of anilines is 1. The minimum Gasteiger partial charge on any atom is -0.456 e. The highest BCUT2D eigenvalue weighted by Gasteiger charge is 2.22. The van der Waals surface area contributed by atoms with Crippen molar-refractivity contribution in [3.8, 4) is 0 Å². The summed E-state index contributed by atoms with van der Waals surface area (Å²) >= 11 is 0. The molecule has 4 aromatic rings. The first kappa shape index (κ1) is 20.1. The number of fused-ring (bicyclic) bond motifs is 3. The van der Waals surface area contributed by atoms with E-state index in [0.29, 0.717) is 18.8 Å². The third kappa shape index (κ3) is 3.58. The van der Waals surface area contributed by atoms with Gasteiger partial charge in [-0.2, -0.15) is 4.31 Å². The molecule has 30 heavy (non-hydrogen) atoms. The Morgan fingerprint density at radius 3 is 2.40 bits per heavy atom. The normalized spacial score (nSPS) is 12.0. The Kier molecular flexibility index (Phi) is 5.32. The molecule has 6 nitrogen and oxygen atoms in total. The number of para-hydroxylation sites is 1. The third-order valence-electron chi connectivity index (χ3n) is 5.07. The summed E-state index contributed by atoms with van der Waals surface area (Å²) in [6, 6.07) is 19.2. The Labute approximate surface area is 175 Å². The number of carbonyl (C=O) groups excluding carboxylic acids is 1. The van der Waals surface area contributed by atoms with Crippen LogP contribution in [0.25, 0.3) is 21.9 Å². The summed E-state index contributed by atoms with van der Waals surface area (Å²) < 4.78 is 32.7. The minimum atomic E-state index is -3.63. The summed E-state index contributed by atoms with van der Waals surface area (Å²) in [5, 5.41) is 4.72. The average molecular weight is 423 g/mol. The molecule has 0 spiro atoms. The Morgan fingerprint density at radius 1 is 0.900 bits per heavy atom. The van der Waals surface area contributed by atoms with E-state index in [1.54, 1.807) is 32.0 Å². The molecule has 0 unspecified atom stereocenters. The van der Waals surface area contributed by atoms with E-state index in [0.717, 1.165) is 21.9 Å². The number of hydrogen-bond donors (Lipinski definition) is 1. The molecule has 0 fully saturated rings. The van der Waals surface area contributed by atoms with E-state index in [4.69, 9.17) is 4.42 Å². The van der Waals surface area contributed by atoms with Crippen molar-refractivity contribution >= 4 is 43.6 Å². The van der Waals surface area contributed by atoms with Crippen molar-refractivity contribution < 1.29 is 17.6 Å². The van der Waals surface area contributed by atoms with Crippen LogP contribution >= 0.6 is 0 Å². The SMILES string of the molecule is CCN(CC)S(=O)(=O)c1cccc(C(=O)Nc2ccc3oc4ccccc4c3c2)c1. The monoisotopic (exact) mass is 422 g/mol. The van der Waals surface area contributed by atoms with Crippen LogP contribution in [0.5, 0.6) is 0 Å². The van der Waals surface area contributed by atoms with E-state index in [1.165, 1.54) is 16.4 Å². The average Bonchev–Trinajstić information content (AvgIpc) is 3.12. The Balaban J connectivity index is 1.64. The number of nitrogens with one attached hydrogen (secondary N) is 1. The van der Waals surface area contributed by atoms with Gasteiger partial charge in [0.15, 0.2) is 0 Å². The van der Waals surface area contributed by atoms with Crippen LogP contribution in [0.4, 0.5) is 5.69 Å². The lowest BCUT2D eigenvalue weighted by Crippen LogP contribution is -2.30. The van der Waals surface area contributed by atoms with Gasteiger partial charge in [0.05, 0.1) is 4.90 Å². The molecular formula is C23H22N2O4S. The highest BCUT2D eigenvalue weighted by molar-refractivity contribution is 7.89. The van der Waals surface area contributed by atoms with E-state index >= 15 is 0 Å². The maximum Gasteiger partial charge on any atom is 0.255 e. The highest BCUT2D eigenvalue weighted by atomic mass is 32.2. The molecule has 0 atom stereocenters. The third-order valence-corrected chi connectivity index (χ3v) is 7.12. The van der Waals surface area contributed by atoms with Gasteiger partial charge in [0.1, 0.15) is 11.2 Å². The van der Waals surface area contributed by atoms with Crippen molar-refractivity contribution in [1.29, 1.82) is 0 Å². The van der Waals surface area contributed by atoms with Crippen LogP contribution in [0.15, 0.2) is 76.0 Å². The Bertz CT molecular complexity index is 1340. The van der Waals surface area contributed by atoms with Crippen molar-refractivity contribution in [1.82, 2.24) is 4.31 Å². The lowest BCUT2D eigenvalue weighted by molar-refractivity contribution is 0.102. The second-order valence-electron chi connectivity index (χ2n) is 6.88. The maximum absolute atomic E-state index is 12.8. The zero-order valence-corrected chi connectivity index (χ0v) is 17.6. The van der Waals surface area contributed by atoms with Crippen molar-refractivity contribution in [3.05, 3.63) is 72.3 Å². The first-order valence-corrected chi connectivity index (χ1v) is 11.2. The second kappa shape index (κ2) is 7.93. The number of sulfonamides is 1. The van der Waals surface area contributed by atoms with E-state index in [-0.39, 0.29) is 16.4 Å². The smallest absolute Gasteiger partial charge is 0.255 e. The molecule has 0 saturated carbocycles. The van der Waals surface area contributed by atoms with Gasteiger partial charge >= 0.3 is 0 Å². The van der Waals surface area contributed by atoms with Crippen LogP contribution in [0.2, 0.25) is 0 Å². The number of hydrogen-bond acceptors (Lipinski definition) is 4. The molecule has 0 aliphatic heterocycles. The van der Waals surface area contributed by atoms with Crippen LogP contribution in [0, 0.1) is 0 Å². The quantitative estimate of drug-likeness (QED) is 0.481. The molecule has 7 heteroatoms. The fraction of sp³-hybridized carbons (Fsp3) is 0.174. The summed E-state index contributed by atoms with van der Waals surface area (Å²) in [5.41, 5.74) is 2.41. The molecule has 3 aromatic carbocycles. The van der Waals surface area contributed by atoms with Crippen LogP contribution in [-0.2, 0) is 10.0 Å². The maximum atomic E-state index is 12.8. The van der Waals surface area contributed by atoms with Crippen molar-refractivity contribution in [3.63, 3.8) is 0 Å². The molecule has 0 aliphatic rings. The number of amides is 1. The van der Waals surface area contributed by atoms with Crippen LogP contribution < -0.4 is 5.32 Å². The molecule has 1 heterocycles. The molecule has 0 aliphatic carbocycles. The zero-order valence-electron chi connectivity index (χ0n) is 16.8. The zero-order chi connectivity index (χ0) is 21.3. The standard InChI is InChI=1S/C23H22N2O4S/c1-3-25(4-2)30(27,28)18-9-7-8-16(14-18)23(26)24-17-12-13-22-20(15-17)19-10-5-6-11-21(19)29-22/h5-15H,3-4H2,1-2H3,(H,24,26). The van der Waals surface area contributed by atoms with Gasteiger partial charge in [-0.05, 0) is 42.5 Å². The van der Waals surface area contributed by atoms with E-state index in [1.807, 2.05) is 36.4 Å². The number of carbonyl (C=O) groups is 1. The van der Waals surface area contributed by atoms with E-state index in [2.05, 4.69) is 5.32 Å². The summed E-state index contributed by atoms with van der Waals surface area (Å²) in [7, 11) is -3.63. The van der Waals surface area contributed by atoms with Crippen LogP contribution in [-0.4, -0.2) is 31.7 Å². The lowest BCUT2D eigenvalue weighted by atomic mass is 10.1. The predicted octanol–water partition coefficient (Wildman–Crippen LogP) is 4.87. The van der Waals surface area contributed by atoms with Gasteiger partial charge in [-0.1, -0.05) is 38.1 Å². The van der Waals surface area contributed by atoms with Crippen molar-refractivity contribution in [2.75, 3.05) is 18.4 Å². The topological polar surface area (TPSA) is 79.6 Å². The van der Waals surface area contributed by atoms with Gasteiger partial charge < -0.3 is 9.73 Å². The second-order valence-corrected chi connectivity index (χ2v) is 8.82. The van der Waals surface area contributed by atoms with Gasteiger partial charge in [-0.3, -0.25) is 4.79 Å². The van der Waals surface area contributed by atoms with E-state index < -0.39 is 10.0 Å². The van der Waals surface area contributed by atoms with Crippen LogP contribution in [0.3, 0.4) is 0 Å². The largest absolute Gasteiger partial charge is 0.456 e. The highest BCUT2D eigenvalue weighted by Crippen LogP contribution is 2.30. The minimum absolute atomic E-state index is 0.107. The van der Waals surface area contributed by atoms with Gasteiger partial charge in [0.2, 0.25) is 10.0 Å². The number of benzene rings is 3. The molecule has 154 valence electrons.